The largest absolute Gasteiger partial charge is 0.496 e. The van der Waals surface area contributed by atoms with Crippen molar-refractivity contribution in [1.82, 2.24) is 4.90 Å². The molecule has 4 nitrogen and oxygen atoms in total. The summed E-state index contributed by atoms with van der Waals surface area (Å²) < 4.78 is 5.39. The van der Waals surface area contributed by atoms with Crippen LogP contribution in [0.1, 0.15) is 30.5 Å². The summed E-state index contributed by atoms with van der Waals surface area (Å²) in [6, 6.07) is 5.68. The van der Waals surface area contributed by atoms with Gasteiger partial charge in [0.2, 0.25) is 0 Å². The maximum Gasteiger partial charge on any atom is 0.308 e. The van der Waals surface area contributed by atoms with Gasteiger partial charge in [0.05, 0.1) is 19.1 Å². The highest BCUT2D eigenvalue weighted by molar-refractivity contribution is 5.71. The molecule has 0 heterocycles. The second-order valence-corrected chi connectivity index (χ2v) is 5.01. The molecule has 0 amide bonds. The van der Waals surface area contributed by atoms with Crippen LogP contribution in [0.3, 0.4) is 0 Å². The summed E-state index contributed by atoms with van der Waals surface area (Å²) >= 11 is 0. The molecule has 0 saturated carbocycles. The van der Waals surface area contributed by atoms with E-state index in [0.29, 0.717) is 6.42 Å². The molecule has 0 aliphatic heterocycles. The number of rotatable bonds is 6. The lowest BCUT2D eigenvalue weighted by Crippen LogP contribution is -2.32. The van der Waals surface area contributed by atoms with Crippen molar-refractivity contribution in [3.63, 3.8) is 0 Å². The number of aliphatic carboxylic acids is 1. The highest BCUT2D eigenvalue weighted by atomic mass is 16.5. The first-order valence-electron chi connectivity index (χ1n) is 6.46. The van der Waals surface area contributed by atoms with E-state index >= 15 is 0 Å². The molecule has 19 heavy (non-hydrogen) atoms. The maximum absolute atomic E-state index is 11.5. The number of aryl methyl sites for hydroxylation is 1. The fourth-order valence-corrected chi connectivity index (χ4v) is 2.47. The van der Waals surface area contributed by atoms with Crippen LogP contribution in [0.25, 0.3) is 0 Å². The topological polar surface area (TPSA) is 49.8 Å². The van der Waals surface area contributed by atoms with Gasteiger partial charge in [0, 0.05) is 5.56 Å². The highest BCUT2D eigenvalue weighted by Gasteiger charge is 2.31. The Morgan fingerprint density at radius 1 is 1.42 bits per heavy atom. The van der Waals surface area contributed by atoms with E-state index in [-0.39, 0.29) is 6.04 Å². The fourth-order valence-electron chi connectivity index (χ4n) is 2.47. The van der Waals surface area contributed by atoms with Crippen LogP contribution >= 0.6 is 0 Å². The van der Waals surface area contributed by atoms with E-state index in [1.54, 1.807) is 7.11 Å². The monoisotopic (exact) mass is 265 g/mol. The lowest BCUT2D eigenvalue weighted by Gasteiger charge is -2.31. The number of benzene rings is 1. The van der Waals surface area contributed by atoms with Crippen LogP contribution in [-0.4, -0.2) is 37.2 Å². The van der Waals surface area contributed by atoms with Crippen molar-refractivity contribution in [2.45, 2.75) is 26.3 Å². The summed E-state index contributed by atoms with van der Waals surface area (Å²) in [4.78, 5) is 13.4. The van der Waals surface area contributed by atoms with E-state index in [1.165, 1.54) is 0 Å². The Kier molecular flexibility index (Phi) is 5.36. The van der Waals surface area contributed by atoms with Crippen molar-refractivity contribution in [3.8, 4) is 5.75 Å². The Bertz CT molecular complexity index is 443. The molecule has 2 unspecified atom stereocenters. The van der Waals surface area contributed by atoms with Crippen molar-refractivity contribution in [1.29, 1.82) is 0 Å². The van der Waals surface area contributed by atoms with Gasteiger partial charge in [0.1, 0.15) is 5.75 Å². The third-order valence-corrected chi connectivity index (χ3v) is 3.40. The molecule has 106 valence electrons. The Labute approximate surface area is 115 Å². The highest BCUT2D eigenvalue weighted by Crippen LogP contribution is 2.35. The number of methoxy groups -OCH3 is 1. The molecule has 2 atom stereocenters. The number of carboxylic acid groups (broad SMARTS) is 1. The SMILES string of the molecule is CCC(C(=O)O)C(c1cc(C)ccc1OC)N(C)C. The number of carboxylic acids is 1. The van der Waals surface area contributed by atoms with Gasteiger partial charge in [-0.3, -0.25) is 4.79 Å². The lowest BCUT2D eigenvalue weighted by atomic mass is 9.88. The van der Waals surface area contributed by atoms with E-state index in [1.807, 2.05) is 51.0 Å². The predicted molar refractivity (Wildman–Crippen MR) is 75.6 cm³/mol. The first kappa shape index (κ1) is 15.5. The fraction of sp³-hybridized carbons (Fsp3) is 0.533. The number of ether oxygens (including phenoxy) is 1. The Hall–Kier alpha value is -1.55. The number of carbonyl (C=O) groups is 1. The smallest absolute Gasteiger partial charge is 0.308 e. The van der Waals surface area contributed by atoms with Gasteiger partial charge in [-0.2, -0.15) is 0 Å². The summed E-state index contributed by atoms with van der Waals surface area (Å²) in [6.07, 6.45) is 0.579. The van der Waals surface area contributed by atoms with Gasteiger partial charge in [-0.25, -0.2) is 0 Å². The van der Waals surface area contributed by atoms with Crippen molar-refractivity contribution in [2.24, 2.45) is 5.92 Å². The van der Waals surface area contributed by atoms with Crippen LogP contribution in [0.4, 0.5) is 0 Å². The molecule has 0 spiro atoms. The van der Waals surface area contributed by atoms with Crippen LogP contribution < -0.4 is 4.74 Å². The molecule has 0 fully saturated rings. The first-order valence-corrected chi connectivity index (χ1v) is 6.46. The lowest BCUT2D eigenvalue weighted by molar-refractivity contribution is -0.144. The molecule has 1 aromatic rings. The van der Waals surface area contributed by atoms with Crippen LogP contribution in [-0.2, 0) is 4.79 Å². The van der Waals surface area contributed by atoms with Gasteiger partial charge >= 0.3 is 5.97 Å². The van der Waals surface area contributed by atoms with Crippen LogP contribution in [0.15, 0.2) is 18.2 Å². The first-order chi connectivity index (χ1) is 8.92. The standard InChI is InChI=1S/C15H23NO3/c1-6-11(15(17)18)14(16(3)4)12-9-10(2)7-8-13(12)19-5/h7-9,11,14H,6H2,1-5H3,(H,17,18). The van der Waals surface area contributed by atoms with E-state index in [0.717, 1.165) is 16.9 Å². The normalized spacial score (nSPS) is 14.2. The summed E-state index contributed by atoms with van der Waals surface area (Å²) in [5.74, 6) is -0.487. The number of hydrogen-bond acceptors (Lipinski definition) is 3. The van der Waals surface area contributed by atoms with E-state index in [2.05, 4.69) is 0 Å². The van der Waals surface area contributed by atoms with Crippen molar-refractivity contribution >= 4 is 5.97 Å². The Balaban J connectivity index is 3.33. The zero-order chi connectivity index (χ0) is 14.6. The average molecular weight is 265 g/mol. The molecule has 4 heteroatoms. The molecule has 0 saturated heterocycles. The maximum atomic E-state index is 11.5. The molecule has 0 aromatic heterocycles. The summed E-state index contributed by atoms with van der Waals surface area (Å²) in [5.41, 5.74) is 2.03. The zero-order valence-electron chi connectivity index (χ0n) is 12.3. The molecule has 1 aromatic carbocycles. The van der Waals surface area contributed by atoms with Crippen molar-refractivity contribution in [3.05, 3.63) is 29.3 Å². The molecular formula is C15H23NO3. The summed E-state index contributed by atoms with van der Waals surface area (Å²) in [6.45, 7) is 3.90. The second kappa shape index (κ2) is 6.57. The van der Waals surface area contributed by atoms with Gasteiger partial charge in [-0.05, 0) is 33.5 Å². The summed E-state index contributed by atoms with van der Waals surface area (Å²) in [5, 5.41) is 9.42. The third kappa shape index (κ3) is 3.47. The van der Waals surface area contributed by atoms with Gasteiger partial charge in [0.25, 0.3) is 0 Å². The second-order valence-electron chi connectivity index (χ2n) is 5.01. The number of nitrogens with zero attached hydrogens (tertiary/aromatic N) is 1. The molecular weight excluding hydrogens is 242 g/mol. The van der Waals surface area contributed by atoms with Gasteiger partial charge in [0.15, 0.2) is 0 Å². The van der Waals surface area contributed by atoms with Crippen LogP contribution in [0.2, 0.25) is 0 Å². The molecule has 0 aliphatic carbocycles. The quantitative estimate of drug-likeness (QED) is 0.859. The van der Waals surface area contributed by atoms with E-state index in [4.69, 9.17) is 4.74 Å². The van der Waals surface area contributed by atoms with E-state index < -0.39 is 11.9 Å². The Morgan fingerprint density at radius 2 is 2.05 bits per heavy atom. The van der Waals surface area contributed by atoms with Crippen LogP contribution in [0.5, 0.6) is 5.75 Å². The average Bonchev–Trinajstić information content (AvgIpc) is 2.34. The Morgan fingerprint density at radius 3 is 2.47 bits per heavy atom. The predicted octanol–water partition coefficient (Wildman–Crippen LogP) is 2.72. The zero-order valence-corrected chi connectivity index (χ0v) is 12.3. The van der Waals surface area contributed by atoms with Gasteiger partial charge in [-0.1, -0.05) is 24.6 Å². The minimum absolute atomic E-state index is 0.197. The van der Waals surface area contributed by atoms with Gasteiger partial charge < -0.3 is 14.7 Å². The van der Waals surface area contributed by atoms with E-state index in [9.17, 15) is 9.90 Å². The summed E-state index contributed by atoms with van der Waals surface area (Å²) in [7, 11) is 5.42. The molecule has 0 bridgehead atoms. The van der Waals surface area contributed by atoms with Crippen LogP contribution in [0, 0.1) is 12.8 Å². The van der Waals surface area contributed by atoms with Gasteiger partial charge in [-0.15, -0.1) is 0 Å². The molecule has 1 N–H and O–H groups in total. The third-order valence-electron chi connectivity index (χ3n) is 3.40. The molecule has 1 rings (SSSR count). The minimum atomic E-state index is -0.773. The minimum Gasteiger partial charge on any atom is -0.496 e. The number of hydrogen-bond donors (Lipinski definition) is 1. The van der Waals surface area contributed by atoms with Crippen molar-refractivity contribution < 1.29 is 14.6 Å². The van der Waals surface area contributed by atoms with Crippen molar-refractivity contribution in [2.75, 3.05) is 21.2 Å². The molecule has 0 aliphatic rings. The molecule has 0 radical (unpaired) electrons.